The second kappa shape index (κ2) is 15.3. The van der Waals surface area contributed by atoms with E-state index in [1.54, 1.807) is 12.1 Å². The summed E-state index contributed by atoms with van der Waals surface area (Å²) in [7, 11) is -1.23. The van der Waals surface area contributed by atoms with Gasteiger partial charge in [0.05, 0.1) is 30.5 Å². The van der Waals surface area contributed by atoms with E-state index in [1.165, 1.54) is 10.8 Å². The van der Waals surface area contributed by atoms with Gasteiger partial charge in [-0.1, -0.05) is 133 Å². The molecule has 0 fully saturated rings. The largest absolute Gasteiger partial charge is 0.500 e. The van der Waals surface area contributed by atoms with Crippen LogP contribution in [-0.2, 0) is 26.7 Å². The Kier molecular flexibility index (Phi) is 9.31. The van der Waals surface area contributed by atoms with Gasteiger partial charge in [-0.2, -0.15) is 0 Å². The van der Waals surface area contributed by atoms with Crippen molar-refractivity contribution < 1.29 is 28.6 Å². The normalized spacial score (nSPS) is 12.4. The Labute approximate surface area is 329 Å². The molecule has 0 saturated heterocycles. The maximum atomic E-state index is 7.69. The van der Waals surface area contributed by atoms with Gasteiger partial charge in [-0.25, -0.2) is 0 Å². The van der Waals surface area contributed by atoms with Crippen molar-refractivity contribution in [2.45, 2.75) is 33.0 Å². The Hall–Kier alpha value is -5.39. The number of aryl methyl sites for hydroxylation is 1. The molecule has 0 atom stereocenters. The van der Waals surface area contributed by atoms with Gasteiger partial charge in [0.1, 0.15) is 5.58 Å². The first-order chi connectivity index (χ1) is 26.5. The van der Waals surface area contributed by atoms with E-state index in [0.717, 1.165) is 66.7 Å². The molecule has 3 heterocycles. The van der Waals surface area contributed by atoms with Crippen LogP contribution in [0.2, 0.25) is 19.6 Å². The number of imidazole rings is 1. The second-order valence-corrected chi connectivity index (χ2v) is 19.0. The van der Waals surface area contributed by atoms with Crippen LogP contribution in [0.25, 0.3) is 66.7 Å². The topological polar surface area (TPSA) is 43.9 Å². The SMILES string of the molecule is C[Si](C)(C)c1ccc(-c2[c-]cccc2)nc1.[2H]C([2H])([2H])c1ccc(-c2cccc3c2oc2c(-c4nc5ccccc5n4Cc4ccccc4)[c-]ccc23)cc1.[Ir]. The molecule has 6 aromatic carbocycles. The number of benzene rings is 6. The summed E-state index contributed by atoms with van der Waals surface area (Å²) in [4.78, 5) is 9.55. The maximum absolute atomic E-state index is 7.69. The van der Waals surface area contributed by atoms with Gasteiger partial charge >= 0.3 is 0 Å². The van der Waals surface area contributed by atoms with Crippen molar-refractivity contribution in [3.05, 3.63) is 175 Å². The molecule has 0 saturated carbocycles. The molecule has 0 aliphatic heterocycles. The summed E-state index contributed by atoms with van der Waals surface area (Å²) in [6.45, 7) is 5.52. The quantitative estimate of drug-likeness (QED) is 0.123. The molecule has 6 heteroatoms. The van der Waals surface area contributed by atoms with Crippen LogP contribution in [0.5, 0.6) is 0 Å². The summed E-state index contributed by atoms with van der Waals surface area (Å²) >= 11 is 0. The molecule has 0 amide bonds. The molecule has 1 radical (unpaired) electrons. The van der Waals surface area contributed by atoms with Gasteiger partial charge in [-0.15, -0.1) is 54.1 Å². The molecule has 0 bridgehead atoms. The van der Waals surface area contributed by atoms with Crippen LogP contribution in [0.3, 0.4) is 0 Å². The predicted octanol–water partition coefficient (Wildman–Crippen LogP) is 11.5. The van der Waals surface area contributed by atoms with Crippen molar-refractivity contribution in [1.29, 1.82) is 0 Å². The first-order valence-electron chi connectivity index (χ1n) is 18.9. The smallest absolute Gasteiger partial charge is 0.128 e. The van der Waals surface area contributed by atoms with Gasteiger partial charge in [0.25, 0.3) is 0 Å². The number of para-hydroxylation sites is 3. The summed E-state index contributed by atoms with van der Waals surface area (Å²) in [5, 5.41) is 3.37. The predicted molar refractivity (Wildman–Crippen MR) is 218 cm³/mol. The number of rotatable bonds is 6. The zero-order chi connectivity index (χ0) is 38.2. The summed E-state index contributed by atoms with van der Waals surface area (Å²) in [5.74, 6) is 0.799. The standard InChI is InChI=1S/C33H23N2O.C14H16NSi.Ir/c1-22-17-19-24(20-18-22)25-11-7-12-26-27-13-8-14-28(32(27)36-31(25)26)33-34-29-15-5-6-16-30(29)35(33)21-23-9-3-2-4-10-23;1-16(2,3)13-9-10-14(15-11-13)12-7-5-4-6-8-12;/h2-13,15-20H,21H2,1H3;4-7,9-11H,1-3H3;/q2*-1;/i1D3;;. The van der Waals surface area contributed by atoms with Crippen LogP contribution in [-0.4, -0.2) is 22.6 Å². The Balaban J connectivity index is 0.000000238. The molecule has 0 aliphatic rings. The molecular weight excluding hydrogens is 843 g/mol. The number of fused-ring (bicyclic) bond motifs is 4. The minimum Gasteiger partial charge on any atom is -0.500 e. The average Bonchev–Trinajstić information content (AvgIpc) is 3.77. The third-order valence-electron chi connectivity index (χ3n) is 9.33. The summed E-state index contributed by atoms with van der Waals surface area (Å²) in [6.07, 6.45) is 2.02. The van der Waals surface area contributed by atoms with Crippen molar-refractivity contribution in [2.75, 3.05) is 0 Å². The molecule has 53 heavy (non-hydrogen) atoms. The number of nitrogens with zero attached hydrogens (tertiary/aromatic N) is 3. The van der Waals surface area contributed by atoms with Crippen molar-refractivity contribution in [1.82, 2.24) is 14.5 Å². The third kappa shape index (κ3) is 7.44. The molecule has 9 rings (SSSR count). The molecule has 4 nitrogen and oxygen atoms in total. The fourth-order valence-corrected chi connectivity index (χ4v) is 7.58. The summed E-state index contributed by atoms with van der Waals surface area (Å²) < 4.78 is 31.9. The molecule has 9 aromatic rings. The molecule has 263 valence electrons. The number of pyridine rings is 1. The van der Waals surface area contributed by atoms with Crippen LogP contribution < -0.4 is 5.19 Å². The Morgan fingerprint density at radius 1 is 0.717 bits per heavy atom. The zero-order valence-electron chi connectivity index (χ0n) is 32.7. The van der Waals surface area contributed by atoms with E-state index in [1.807, 2.05) is 103 Å². The third-order valence-corrected chi connectivity index (χ3v) is 11.4. The van der Waals surface area contributed by atoms with Gasteiger partial charge in [0.15, 0.2) is 0 Å². The number of hydrogen-bond acceptors (Lipinski definition) is 3. The number of aromatic nitrogens is 3. The zero-order valence-corrected chi connectivity index (χ0v) is 33.1. The first-order valence-corrected chi connectivity index (χ1v) is 20.9. The van der Waals surface area contributed by atoms with Gasteiger partial charge in [-0.05, 0) is 41.0 Å². The van der Waals surface area contributed by atoms with E-state index < -0.39 is 14.9 Å². The van der Waals surface area contributed by atoms with E-state index in [9.17, 15) is 0 Å². The molecule has 3 aromatic heterocycles. The second-order valence-electron chi connectivity index (χ2n) is 13.9. The molecule has 0 unspecified atom stereocenters. The Bertz CT molecular complexity index is 2740. The van der Waals surface area contributed by atoms with Crippen molar-refractivity contribution in [3.8, 4) is 33.8 Å². The van der Waals surface area contributed by atoms with E-state index >= 15 is 0 Å². The molecule has 0 spiro atoms. The minimum absolute atomic E-state index is 0. The van der Waals surface area contributed by atoms with Crippen LogP contribution in [0.15, 0.2) is 156 Å². The minimum atomic E-state index is -2.14. The van der Waals surface area contributed by atoms with Gasteiger partial charge in [-0.3, -0.25) is 4.98 Å². The fourth-order valence-electron chi connectivity index (χ4n) is 6.55. The maximum Gasteiger partial charge on any atom is 0.128 e. The van der Waals surface area contributed by atoms with Crippen LogP contribution in [0.1, 0.15) is 15.2 Å². The Morgan fingerprint density at radius 3 is 2.23 bits per heavy atom. The summed E-state index contributed by atoms with van der Waals surface area (Å²) in [5.41, 5.74) is 9.61. The van der Waals surface area contributed by atoms with Crippen molar-refractivity contribution in [2.24, 2.45) is 0 Å². The number of hydrogen-bond donors (Lipinski definition) is 0. The molecular formula is C47H39IrN3OSi-2. The van der Waals surface area contributed by atoms with Crippen molar-refractivity contribution in [3.63, 3.8) is 0 Å². The molecule has 0 N–H and O–H groups in total. The van der Waals surface area contributed by atoms with Crippen molar-refractivity contribution >= 4 is 46.2 Å². The average molecular weight is 885 g/mol. The van der Waals surface area contributed by atoms with E-state index in [4.69, 9.17) is 13.5 Å². The van der Waals surface area contributed by atoms with Crippen LogP contribution in [0.4, 0.5) is 0 Å². The monoisotopic (exact) mass is 885 g/mol. The van der Waals surface area contributed by atoms with Gasteiger partial charge in [0, 0.05) is 47.9 Å². The van der Waals surface area contributed by atoms with E-state index in [2.05, 4.69) is 77.7 Å². The van der Waals surface area contributed by atoms with Crippen LogP contribution in [0, 0.1) is 19.0 Å². The van der Waals surface area contributed by atoms with E-state index in [0.29, 0.717) is 12.1 Å². The Morgan fingerprint density at radius 2 is 1.49 bits per heavy atom. The molecule has 0 aliphatic carbocycles. The number of furan rings is 1. The van der Waals surface area contributed by atoms with Gasteiger partial charge < -0.3 is 14.0 Å². The van der Waals surface area contributed by atoms with Gasteiger partial charge in [0.2, 0.25) is 0 Å². The van der Waals surface area contributed by atoms with E-state index in [-0.39, 0.29) is 20.1 Å². The fraction of sp³-hybridized carbons (Fsp3) is 0.106. The summed E-state index contributed by atoms with van der Waals surface area (Å²) in [6, 6.07) is 54.4. The van der Waals surface area contributed by atoms with Crippen LogP contribution >= 0.6 is 0 Å². The first kappa shape index (κ1) is 32.3.